The molecule has 0 bridgehead atoms. The van der Waals surface area contributed by atoms with E-state index >= 15 is 0 Å². The Kier molecular flexibility index (Phi) is 5.74. The third-order valence-corrected chi connectivity index (χ3v) is 2.73. The molecule has 0 fully saturated rings. The fraction of sp³-hybridized carbons (Fsp3) is 0.312. The Bertz CT molecular complexity index is 675. The molecule has 0 atom stereocenters. The van der Waals surface area contributed by atoms with Gasteiger partial charge in [0.2, 0.25) is 12.7 Å². The van der Waals surface area contributed by atoms with E-state index in [1.165, 1.54) is 12.5 Å². The molecule has 1 aromatic carbocycles. The zero-order chi connectivity index (χ0) is 16.7. The average Bonchev–Trinajstić information content (AvgIpc) is 3.05. The van der Waals surface area contributed by atoms with Crippen LogP contribution in [-0.4, -0.2) is 29.3 Å². The van der Waals surface area contributed by atoms with E-state index in [9.17, 15) is 4.79 Å². The first kappa shape index (κ1) is 16.5. The molecule has 2 heterocycles. The van der Waals surface area contributed by atoms with Crippen molar-refractivity contribution >= 4 is 5.97 Å². The number of hydrogen-bond donors (Lipinski definition) is 0. The van der Waals surface area contributed by atoms with Gasteiger partial charge in [-0.15, -0.1) is 0 Å². The van der Waals surface area contributed by atoms with Crippen molar-refractivity contribution in [2.45, 2.75) is 20.8 Å². The number of nitrogens with zero attached hydrogens (tertiary/aromatic N) is 2. The molecule has 7 nitrogen and oxygen atoms in total. The maximum Gasteiger partial charge on any atom is 0.345 e. The number of hydrogen-bond acceptors (Lipinski definition) is 7. The van der Waals surface area contributed by atoms with Crippen LogP contribution in [-0.2, 0) is 4.74 Å². The molecular formula is C16H18N2O5. The van der Waals surface area contributed by atoms with E-state index in [1.807, 2.05) is 13.8 Å². The van der Waals surface area contributed by atoms with Gasteiger partial charge in [-0.25, -0.2) is 14.8 Å². The van der Waals surface area contributed by atoms with Crippen LogP contribution in [0.2, 0.25) is 0 Å². The van der Waals surface area contributed by atoms with Crippen molar-refractivity contribution in [1.29, 1.82) is 0 Å². The Hall–Kier alpha value is -2.83. The van der Waals surface area contributed by atoms with E-state index in [2.05, 4.69) is 9.97 Å². The highest BCUT2D eigenvalue weighted by molar-refractivity contribution is 5.91. The summed E-state index contributed by atoms with van der Waals surface area (Å²) in [5.41, 5.74) is 0.164. The van der Waals surface area contributed by atoms with Crippen molar-refractivity contribution in [3.8, 4) is 23.1 Å². The van der Waals surface area contributed by atoms with Gasteiger partial charge in [-0.1, -0.05) is 13.8 Å². The van der Waals surface area contributed by atoms with Gasteiger partial charge in [0.15, 0.2) is 11.5 Å². The van der Waals surface area contributed by atoms with Crippen LogP contribution in [0.4, 0.5) is 0 Å². The van der Waals surface area contributed by atoms with Crippen LogP contribution in [0.5, 0.6) is 23.1 Å². The molecule has 0 spiro atoms. The molecule has 0 saturated carbocycles. The summed E-state index contributed by atoms with van der Waals surface area (Å²) in [4.78, 5) is 19.6. The molecule has 1 aromatic heterocycles. The lowest BCUT2D eigenvalue weighted by molar-refractivity contribution is 0.0522. The van der Waals surface area contributed by atoms with Gasteiger partial charge in [0.25, 0.3) is 0 Å². The molecule has 2 aromatic rings. The molecule has 1 aliphatic heterocycles. The minimum Gasteiger partial charge on any atom is -0.462 e. The average molecular weight is 318 g/mol. The monoisotopic (exact) mass is 318 g/mol. The molecule has 0 aliphatic carbocycles. The summed E-state index contributed by atoms with van der Waals surface area (Å²) in [5, 5.41) is 0. The van der Waals surface area contributed by atoms with Gasteiger partial charge in [0.1, 0.15) is 17.6 Å². The van der Waals surface area contributed by atoms with Gasteiger partial charge < -0.3 is 18.9 Å². The second-order valence-electron chi connectivity index (χ2n) is 4.08. The zero-order valence-corrected chi connectivity index (χ0v) is 13.2. The molecule has 0 radical (unpaired) electrons. The Morgan fingerprint density at radius 1 is 1.26 bits per heavy atom. The summed E-state index contributed by atoms with van der Waals surface area (Å²) in [7, 11) is 0. The maximum atomic E-state index is 11.8. The third kappa shape index (κ3) is 3.88. The smallest absolute Gasteiger partial charge is 0.345 e. The number of carbonyl (C=O) groups excluding carboxylic acids is 1. The third-order valence-electron chi connectivity index (χ3n) is 2.73. The molecule has 7 heteroatoms. The standard InChI is InChI=1S/C14H12N2O5.C2H6/c1-2-18-14(17)10-6-15-7-16-13(10)21-9-3-4-11-12(5-9)20-8-19-11;1-2/h3-7H,2,8H2,1H3;1-2H3. The fourth-order valence-electron chi connectivity index (χ4n) is 1.80. The van der Waals surface area contributed by atoms with Gasteiger partial charge in [-0.05, 0) is 19.1 Å². The Balaban J connectivity index is 0.000000924. The molecule has 0 N–H and O–H groups in total. The highest BCUT2D eigenvalue weighted by Crippen LogP contribution is 2.36. The van der Waals surface area contributed by atoms with Gasteiger partial charge >= 0.3 is 5.97 Å². The molecule has 122 valence electrons. The van der Waals surface area contributed by atoms with E-state index in [4.69, 9.17) is 18.9 Å². The van der Waals surface area contributed by atoms with Crippen molar-refractivity contribution in [1.82, 2.24) is 9.97 Å². The van der Waals surface area contributed by atoms with Crippen molar-refractivity contribution in [2.24, 2.45) is 0 Å². The van der Waals surface area contributed by atoms with Crippen LogP contribution in [0.1, 0.15) is 31.1 Å². The molecule has 23 heavy (non-hydrogen) atoms. The minimum absolute atomic E-state index is 0.127. The highest BCUT2D eigenvalue weighted by atomic mass is 16.7. The summed E-state index contributed by atoms with van der Waals surface area (Å²) >= 11 is 0. The van der Waals surface area contributed by atoms with E-state index < -0.39 is 5.97 Å². The number of fused-ring (bicyclic) bond motifs is 1. The first-order valence-electron chi connectivity index (χ1n) is 7.32. The number of aromatic nitrogens is 2. The van der Waals surface area contributed by atoms with Crippen molar-refractivity contribution in [2.75, 3.05) is 13.4 Å². The fourth-order valence-corrected chi connectivity index (χ4v) is 1.80. The SMILES string of the molecule is CC.CCOC(=O)c1cncnc1Oc1ccc2c(c1)OCO2. The summed E-state index contributed by atoms with van der Waals surface area (Å²) in [5.74, 6) is 1.30. The van der Waals surface area contributed by atoms with Crippen LogP contribution < -0.4 is 14.2 Å². The Morgan fingerprint density at radius 2 is 2.04 bits per heavy atom. The van der Waals surface area contributed by atoms with Crippen molar-refractivity contribution in [3.63, 3.8) is 0 Å². The molecule has 1 aliphatic rings. The van der Waals surface area contributed by atoms with Crippen LogP contribution in [0.25, 0.3) is 0 Å². The normalized spacial score (nSPS) is 11.3. The zero-order valence-electron chi connectivity index (χ0n) is 13.2. The molecule has 0 amide bonds. The molecular weight excluding hydrogens is 300 g/mol. The first-order valence-corrected chi connectivity index (χ1v) is 7.32. The predicted molar refractivity (Wildman–Crippen MR) is 82.0 cm³/mol. The topological polar surface area (TPSA) is 79.8 Å². The second kappa shape index (κ2) is 7.98. The maximum absolute atomic E-state index is 11.8. The summed E-state index contributed by atoms with van der Waals surface area (Å²) in [6.45, 7) is 6.16. The summed E-state index contributed by atoms with van der Waals surface area (Å²) < 4.78 is 21.0. The van der Waals surface area contributed by atoms with E-state index in [-0.39, 0.29) is 24.8 Å². The predicted octanol–water partition coefficient (Wildman–Crippen LogP) is 3.20. The molecule has 3 rings (SSSR count). The molecule has 0 saturated heterocycles. The number of benzene rings is 1. The van der Waals surface area contributed by atoms with E-state index in [0.717, 1.165) is 0 Å². The Morgan fingerprint density at radius 3 is 2.83 bits per heavy atom. The quantitative estimate of drug-likeness (QED) is 0.801. The highest BCUT2D eigenvalue weighted by Gasteiger charge is 2.18. The van der Waals surface area contributed by atoms with Crippen LogP contribution >= 0.6 is 0 Å². The largest absolute Gasteiger partial charge is 0.462 e. The second-order valence-corrected chi connectivity index (χ2v) is 4.08. The van der Waals surface area contributed by atoms with Crippen molar-refractivity contribution < 1.29 is 23.7 Å². The van der Waals surface area contributed by atoms with Gasteiger partial charge in [-0.2, -0.15) is 0 Å². The van der Waals surface area contributed by atoms with Gasteiger partial charge in [0.05, 0.1) is 6.61 Å². The number of rotatable bonds is 4. The lowest BCUT2D eigenvalue weighted by Gasteiger charge is -2.09. The Labute approximate surface area is 134 Å². The van der Waals surface area contributed by atoms with E-state index in [1.54, 1.807) is 25.1 Å². The van der Waals surface area contributed by atoms with Gasteiger partial charge in [-0.3, -0.25) is 0 Å². The summed E-state index contributed by atoms with van der Waals surface area (Å²) in [6.07, 6.45) is 2.65. The van der Waals surface area contributed by atoms with Crippen LogP contribution in [0, 0.1) is 0 Å². The lowest BCUT2D eigenvalue weighted by Crippen LogP contribution is -2.08. The number of carbonyl (C=O) groups is 1. The molecule has 0 unspecified atom stereocenters. The number of ether oxygens (including phenoxy) is 4. The minimum atomic E-state index is -0.533. The van der Waals surface area contributed by atoms with E-state index in [0.29, 0.717) is 17.2 Å². The first-order chi connectivity index (χ1) is 11.3. The van der Waals surface area contributed by atoms with Crippen LogP contribution in [0.15, 0.2) is 30.7 Å². The lowest BCUT2D eigenvalue weighted by atomic mass is 10.3. The van der Waals surface area contributed by atoms with Crippen molar-refractivity contribution in [3.05, 3.63) is 36.3 Å². The van der Waals surface area contributed by atoms with Gasteiger partial charge in [0, 0.05) is 12.3 Å². The van der Waals surface area contributed by atoms with Crippen LogP contribution in [0.3, 0.4) is 0 Å². The number of esters is 1. The summed E-state index contributed by atoms with van der Waals surface area (Å²) in [6, 6.07) is 5.09.